The molecule has 1 atom stereocenters. The van der Waals surface area contributed by atoms with Crippen LogP contribution in [-0.4, -0.2) is 67.8 Å². The minimum absolute atomic E-state index is 0.0553. The largest absolute Gasteiger partial charge is 0.369 e. The molecular weight excluding hydrogens is 318 g/mol. The van der Waals surface area contributed by atoms with E-state index in [9.17, 15) is 4.79 Å². The zero-order valence-corrected chi connectivity index (χ0v) is 15.5. The average Bonchev–Trinajstić information content (AvgIpc) is 2.53. The summed E-state index contributed by atoms with van der Waals surface area (Å²) in [5.74, 6) is -0.0553. The molecule has 0 N–H and O–H groups in total. The Morgan fingerprint density at radius 2 is 2.24 bits per heavy atom. The lowest BCUT2D eigenvalue weighted by atomic mass is 10.0. The average molecular weight is 345 g/mol. The van der Waals surface area contributed by atoms with Gasteiger partial charge in [-0.3, -0.25) is 9.69 Å². The molecule has 136 valence electrons. The third kappa shape index (κ3) is 6.13. The normalized spacial score (nSPS) is 20.0. The van der Waals surface area contributed by atoms with Crippen molar-refractivity contribution in [1.82, 2.24) is 9.80 Å². The van der Waals surface area contributed by atoms with Crippen molar-refractivity contribution < 1.29 is 14.3 Å². The molecule has 1 saturated heterocycles. The Bertz CT molecular complexity index is 637. The fraction of sp³-hybridized carbons (Fsp3) is 0.579. The summed E-state index contributed by atoms with van der Waals surface area (Å²) in [7, 11) is 3.42. The van der Waals surface area contributed by atoms with Gasteiger partial charge in [-0.25, -0.2) is 0 Å². The molecule has 0 bridgehead atoms. The lowest BCUT2D eigenvalue weighted by Crippen LogP contribution is -2.53. The molecule has 1 heterocycles. The van der Waals surface area contributed by atoms with E-state index in [1.165, 1.54) is 4.90 Å². The van der Waals surface area contributed by atoms with Crippen molar-refractivity contribution in [2.24, 2.45) is 0 Å². The summed E-state index contributed by atoms with van der Waals surface area (Å²) in [6.45, 7) is 6.86. The number of hydrogen-bond donors (Lipinski definition) is 0. The Morgan fingerprint density at radius 1 is 1.48 bits per heavy atom. The maximum atomic E-state index is 11.6. The van der Waals surface area contributed by atoms with Gasteiger partial charge >= 0.3 is 0 Å². The zero-order chi connectivity index (χ0) is 18.4. The van der Waals surface area contributed by atoms with E-state index in [2.05, 4.69) is 24.8 Å². The molecule has 25 heavy (non-hydrogen) atoms. The molecule has 0 saturated carbocycles. The van der Waals surface area contributed by atoms with E-state index in [1.807, 2.05) is 24.3 Å². The maximum Gasteiger partial charge on any atom is 0.248 e. The molecule has 1 aliphatic heterocycles. The minimum Gasteiger partial charge on any atom is -0.369 e. The van der Waals surface area contributed by atoms with E-state index < -0.39 is 0 Å². The van der Waals surface area contributed by atoms with Crippen LogP contribution >= 0.6 is 0 Å². The summed E-state index contributed by atoms with van der Waals surface area (Å²) >= 11 is 0. The van der Waals surface area contributed by atoms with Crippen molar-refractivity contribution >= 4 is 5.91 Å². The third-order valence-electron chi connectivity index (χ3n) is 4.04. The number of carbonyl (C=O) groups is 1. The summed E-state index contributed by atoms with van der Waals surface area (Å²) in [4.78, 5) is 15.4. The van der Waals surface area contributed by atoms with Crippen molar-refractivity contribution in [2.45, 2.75) is 32.1 Å². The molecule has 0 aromatic heterocycles. The first-order valence-corrected chi connectivity index (χ1v) is 8.46. The number of rotatable bonds is 6. The monoisotopic (exact) mass is 345 g/mol. The van der Waals surface area contributed by atoms with Gasteiger partial charge in [-0.2, -0.15) is 5.26 Å². The molecule has 1 aliphatic rings. The molecule has 2 rings (SSSR count). The van der Waals surface area contributed by atoms with Crippen LogP contribution in [0.5, 0.6) is 0 Å². The SMILES string of the molecule is CN(C)C(=O)COCC1CN(Cc2cccc(C#N)c2)CC(C)(C)O1. The van der Waals surface area contributed by atoms with Crippen LogP contribution in [0.4, 0.5) is 0 Å². The number of nitrogens with zero attached hydrogens (tertiary/aromatic N) is 3. The van der Waals surface area contributed by atoms with Crippen LogP contribution in [0, 0.1) is 11.3 Å². The first-order chi connectivity index (χ1) is 11.8. The number of benzene rings is 1. The molecule has 6 nitrogen and oxygen atoms in total. The fourth-order valence-corrected chi connectivity index (χ4v) is 3.03. The van der Waals surface area contributed by atoms with Crippen molar-refractivity contribution in [3.8, 4) is 6.07 Å². The number of amides is 1. The van der Waals surface area contributed by atoms with Crippen LogP contribution in [0.25, 0.3) is 0 Å². The van der Waals surface area contributed by atoms with Gasteiger partial charge in [-0.05, 0) is 31.5 Å². The Labute approximate surface area is 149 Å². The van der Waals surface area contributed by atoms with Crippen LogP contribution in [0.1, 0.15) is 25.0 Å². The van der Waals surface area contributed by atoms with Gasteiger partial charge in [0.25, 0.3) is 0 Å². The zero-order valence-electron chi connectivity index (χ0n) is 15.5. The highest BCUT2D eigenvalue weighted by molar-refractivity contribution is 5.76. The highest BCUT2D eigenvalue weighted by Crippen LogP contribution is 2.23. The van der Waals surface area contributed by atoms with Crippen LogP contribution in [-0.2, 0) is 20.8 Å². The number of hydrogen-bond acceptors (Lipinski definition) is 5. The fourth-order valence-electron chi connectivity index (χ4n) is 3.03. The van der Waals surface area contributed by atoms with Gasteiger partial charge in [0.1, 0.15) is 6.61 Å². The highest BCUT2D eigenvalue weighted by Gasteiger charge is 2.33. The van der Waals surface area contributed by atoms with E-state index in [-0.39, 0.29) is 24.2 Å². The van der Waals surface area contributed by atoms with Gasteiger partial charge in [-0.15, -0.1) is 0 Å². The number of likely N-dealkylation sites (N-methyl/N-ethyl adjacent to an activating group) is 1. The summed E-state index contributed by atoms with van der Waals surface area (Å²) in [6.07, 6.45) is -0.0853. The molecule has 0 radical (unpaired) electrons. The second kappa shape index (κ2) is 8.43. The first-order valence-electron chi connectivity index (χ1n) is 8.46. The molecule has 6 heteroatoms. The van der Waals surface area contributed by atoms with Crippen molar-refractivity contribution in [1.29, 1.82) is 5.26 Å². The van der Waals surface area contributed by atoms with Gasteiger partial charge in [0.15, 0.2) is 0 Å². The quantitative estimate of drug-likeness (QED) is 0.784. The summed E-state index contributed by atoms with van der Waals surface area (Å²) < 4.78 is 11.6. The summed E-state index contributed by atoms with van der Waals surface area (Å²) in [5, 5.41) is 9.04. The smallest absolute Gasteiger partial charge is 0.248 e. The van der Waals surface area contributed by atoms with Crippen LogP contribution in [0.2, 0.25) is 0 Å². The first kappa shape index (κ1) is 19.4. The van der Waals surface area contributed by atoms with E-state index in [1.54, 1.807) is 14.1 Å². The second-order valence-corrected chi connectivity index (χ2v) is 7.28. The summed E-state index contributed by atoms with van der Waals surface area (Å²) in [5.41, 5.74) is 1.50. The van der Waals surface area contributed by atoms with E-state index in [0.717, 1.165) is 25.2 Å². The number of nitriles is 1. The predicted molar refractivity (Wildman–Crippen MR) is 94.9 cm³/mol. The van der Waals surface area contributed by atoms with E-state index >= 15 is 0 Å². The molecule has 0 aliphatic carbocycles. The molecule has 1 unspecified atom stereocenters. The van der Waals surface area contributed by atoms with E-state index in [4.69, 9.17) is 14.7 Å². The number of morpholine rings is 1. The van der Waals surface area contributed by atoms with Crippen molar-refractivity contribution in [3.05, 3.63) is 35.4 Å². The van der Waals surface area contributed by atoms with Gasteiger partial charge in [0, 0.05) is 33.7 Å². The van der Waals surface area contributed by atoms with Crippen LogP contribution in [0.3, 0.4) is 0 Å². The number of ether oxygens (including phenoxy) is 2. The van der Waals surface area contributed by atoms with Gasteiger partial charge in [0.2, 0.25) is 5.91 Å². The molecule has 1 aromatic carbocycles. The number of carbonyl (C=O) groups excluding carboxylic acids is 1. The minimum atomic E-state index is -0.287. The van der Waals surface area contributed by atoms with Gasteiger partial charge in [0.05, 0.1) is 29.9 Å². The Kier molecular flexibility index (Phi) is 6.54. The van der Waals surface area contributed by atoms with Crippen molar-refractivity contribution in [3.63, 3.8) is 0 Å². The third-order valence-corrected chi connectivity index (χ3v) is 4.04. The molecular formula is C19H27N3O3. The standard InChI is InChI=1S/C19H27N3O3/c1-19(2)14-22(10-16-7-5-6-15(8-16)9-20)11-17(25-19)12-24-13-18(23)21(3)4/h5-8,17H,10-14H2,1-4H3. The molecule has 1 aromatic rings. The molecule has 0 spiro atoms. The molecule has 1 fully saturated rings. The van der Waals surface area contributed by atoms with Gasteiger partial charge < -0.3 is 14.4 Å². The van der Waals surface area contributed by atoms with E-state index in [0.29, 0.717) is 12.2 Å². The second-order valence-electron chi connectivity index (χ2n) is 7.28. The lowest BCUT2D eigenvalue weighted by molar-refractivity contribution is -0.161. The Morgan fingerprint density at radius 3 is 2.92 bits per heavy atom. The summed E-state index contributed by atoms with van der Waals surface area (Å²) in [6, 6.07) is 9.85. The highest BCUT2D eigenvalue weighted by atomic mass is 16.5. The Hall–Kier alpha value is -1.94. The Balaban J connectivity index is 1.93. The van der Waals surface area contributed by atoms with Crippen LogP contribution in [0.15, 0.2) is 24.3 Å². The van der Waals surface area contributed by atoms with Crippen LogP contribution < -0.4 is 0 Å². The van der Waals surface area contributed by atoms with Gasteiger partial charge in [-0.1, -0.05) is 12.1 Å². The van der Waals surface area contributed by atoms with Crippen molar-refractivity contribution in [2.75, 3.05) is 40.4 Å². The lowest BCUT2D eigenvalue weighted by Gasteiger charge is -2.42. The predicted octanol–water partition coefficient (Wildman–Crippen LogP) is 1.64. The topological polar surface area (TPSA) is 65.8 Å². The maximum absolute atomic E-state index is 11.6. The molecule has 1 amide bonds.